The lowest BCUT2D eigenvalue weighted by molar-refractivity contribution is 0.586. The molecule has 1 saturated carbocycles. The van der Waals surface area contributed by atoms with Gasteiger partial charge in [0.2, 0.25) is 0 Å². The Hall–Kier alpha value is -0.660. The molecule has 3 rings (SSSR count). The molecule has 1 N–H and O–H groups in total. The van der Waals surface area contributed by atoms with Crippen LogP contribution in [0.2, 0.25) is 0 Å². The fourth-order valence-corrected chi connectivity index (χ4v) is 4.84. The second-order valence-corrected chi connectivity index (χ2v) is 8.60. The van der Waals surface area contributed by atoms with E-state index in [1.165, 1.54) is 6.26 Å². The number of nitrogens with zero attached hydrogens (tertiary/aromatic N) is 2. The highest BCUT2D eigenvalue weighted by molar-refractivity contribution is 9.09. The minimum Gasteiger partial charge on any atom is -0.308 e. The summed E-state index contributed by atoms with van der Waals surface area (Å²) >= 11 is 3.52. The van der Waals surface area contributed by atoms with E-state index in [9.17, 15) is 8.42 Å². The standard InChI is InChI=1S/C12H16BrN3O2S/c1-7-6-8(12(4-5-12)19(3,17)18)10-9(14-7)11(13)15-16(10)2/h6,11,15H,4-5H2,1-3H3. The Bertz CT molecular complexity index is 655. The summed E-state index contributed by atoms with van der Waals surface area (Å²) in [6, 6.07) is 1.91. The summed E-state index contributed by atoms with van der Waals surface area (Å²) < 4.78 is 23.6. The lowest BCUT2D eigenvalue weighted by Gasteiger charge is -2.21. The smallest absolute Gasteiger partial charge is 0.157 e. The predicted octanol–water partition coefficient (Wildman–Crippen LogP) is 1.77. The minimum absolute atomic E-state index is 0.0680. The van der Waals surface area contributed by atoms with Gasteiger partial charge < -0.3 is 5.01 Å². The summed E-state index contributed by atoms with van der Waals surface area (Å²) in [7, 11) is -1.23. The Morgan fingerprint density at radius 2 is 2.16 bits per heavy atom. The Morgan fingerprint density at radius 3 is 2.68 bits per heavy atom. The second-order valence-electron chi connectivity index (χ2n) is 5.36. The van der Waals surface area contributed by atoms with Crippen molar-refractivity contribution in [2.75, 3.05) is 18.3 Å². The molecule has 2 aliphatic rings. The topological polar surface area (TPSA) is 62.3 Å². The van der Waals surface area contributed by atoms with Crippen LogP contribution in [0.4, 0.5) is 5.69 Å². The number of nitrogens with one attached hydrogen (secondary N) is 1. The highest BCUT2D eigenvalue weighted by atomic mass is 79.9. The second kappa shape index (κ2) is 3.93. The highest BCUT2D eigenvalue weighted by Crippen LogP contribution is 2.56. The molecule has 0 radical (unpaired) electrons. The molecule has 0 aromatic carbocycles. The normalized spacial score (nSPS) is 24.4. The molecule has 1 aromatic rings. The molecule has 7 heteroatoms. The van der Waals surface area contributed by atoms with Gasteiger partial charge in [-0.15, -0.1) is 0 Å². The molecule has 2 heterocycles. The summed E-state index contributed by atoms with van der Waals surface area (Å²) in [5, 5.41) is 1.86. The number of alkyl halides is 1. The van der Waals surface area contributed by atoms with Crippen LogP contribution in [0.1, 0.15) is 34.7 Å². The molecular formula is C12H16BrN3O2S. The molecule has 104 valence electrons. The van der Waals surface area contributed by atoms with Gasteiger partial charge in [0.1, 0.15) is 4.95 Å². The predicted molar refractivity (Wildman–Crippen MR) is 77.9 cm³/mol. The van der Waals surface area contributed by atoms with Gasteiger partial charge in [0, 0.05) is 24.6 Å². The zero-order valence-electron chi connectivity index (χ0n) is 11.1. The number of hydrazine groups is 1. The minimum atomic E-state index is -3.12. The van der Waals surface area contributed by atoms with Gasteiger partial charge in [-0.05, 0) is 25.8 Å². The summed E-state index contributed by atoms with van der Waals surface area (Å²) in [5.41, 5.74) is 6.70. The van der Waals surface area contributed by atoms with Gasteiger partial charge in [-0.25, -0.2) is 13.8 Å². The van der Waals surface area contributed by atoms with Crippen molar-refractivity contribution in [3.05, 3.63) is 23.0 Å². The lowest BCUT2D eigenvalue weighted by Crippen LogP contribution is -2.30. The van der Waals surface area contributed by atoms with Gasteiger partial charge in [-0.1, -0.05) is 15.9 Å². The fraction of sp³-hybridized carbons (Fsp3) is 0.583. The van der Waals surface area contributed by atoms with Gasteiger partial charge in [0.25, 0.3) is 0 Å². The van der Waals surface area contributed by atoms with E-state index >= 15 is 0 Å². The van der Waals surface area contributed by atoms with Crippen molar-refractivity contribution in [1.82, 2.24) is 10.4 Å². The van der Waals surface area contributed by atoms with E-state index in [2.05, 4.69) is 26.3 Å². The average molecular weight is 346 g/mol. The van der Waals surface area contributed by atoms with Gasteiger partial charge in [0.05, 0.1) is 16.1 Å². The molecule has 1 aliphatic carbocycles. The van der Waals surface area contributed by atoms with E-state index in [4.69, 9.17) is 0 Å². The molecule has 19 heavy (non-hydrogen) atoms. The van der Waals surface area contributed by atoms with Crippen LogP contribution in [0.25, 0.3) is 0 Å². The van der Waals surface area contributed by atoms with E-state index in [-0.39, 0.29) is 4.95 Å². The van der Waals surface area contributed by atoms with Crippen LogP contribution in [-0.4, -0.2) is 26.7 Å². The SMILES string of the molecule is Cc1cc(C2(S(C)(=O)=O)CC2)c2c(n1)C(Br)NN2C. The number of sulfone groups is 1. The van der Waals surface area contributed by atoms with Crippen LogP contribution in [0, 0.1) is 6.92 Å². The number of aromatic nitrogens is 1. The largest absolute Gasteiger partial charge is 0.308 e. The van der Waals surface area contributed by atoms with Crippen molar-refractivity contribution in [2.45, 2.75) is 29.5 Å². The summed E-state index contributed by atoms with van der Waals surface area (Å²) in [4.78, 5) is 4.46. The van der Waals surface area contributed by atoms with Crippen LogP contribution in [-0.2, 0) is 14.6 Å². The molecule has 1 unspecified atom stereocenters. The van der Waals surface area contributed by atoms with E-state index in [1.807, 2.05) is 25.0 Å². The highest BCUT2D eigenvalue weighted by Gasteiger charge is 2.56. The maximum absolute atomic E-state index is 12.1. The summed E-state index contributed by atoms with van der Waals surface area (Å²) in [5.74, 6) is 0. The van der Waals surface area contributed by atoms with Crippen LogP contribution in [0.15, 0.2) is 6.07 Å². The van der Waals surface area contributed by atoms with Gasteiger partial charge >= 0.3 is 0 Å². The zero-order chi connectivity index (χ0) is 14.0. The van der Waals surface area contributed by atoms with E-state index in [0.29, 0.717) is 12.8 Å². The van der Waals surface area contributed by atoms with Crippen molar-refractivity contribution >= 4 is 31.5 Å². The van der Waals surface area contributed by atoms with Crippen LogP contribution < -0.4 is 10.4 Å². The Morgan fingerprint density at radius 1 is 1.53 bits per heavy atom. The first-order valence-electron chi connectivity index (χ1n) is 6.12. The average Bonchev–Trinajstić information content (AvgIpc) is 3.03. The van der Waals surface area contributed by atoms with Crippen LogP contribution in [0.3, 0.4) is 0 Å². The summed E-state index contributed by atoms with van der Waals surface area (Å²) in [6.07, 6.45) is 2.72. The molecule has 1 fully saturated rings. The third-order valence-corrected chi connectivity index (χ3v) is 6.62. The molecule has 0 spiro atoms. The molecule has 0 saturated heterocycles. The molecule has 1 atom stereocenters. The lowest BCUT2D eigenvalue weighted by atomic mass is 10.1. The Balaban J connectivity index is 2.27. The van der Waals surface area contributed by atoms with Gasteiger partial charge in [-0.2, -0.15) is 0 Å². The number of rotatable bonds is 2. The monoisotopic (exact) mass is 345 g/mol. The van der Waals surface area contributed by atoms with Gasteiger partial charge in [-0.3, -0.25) is 4.98 Å². The molecule has 1 aliphatic heterocycles. The zero-order valence-corrected chi connectivity index (χ0v) is 13.5. The maximum Gasteiger partial charge on any atom is 0.157 e. The molecule has 5 nitrogen and oxygen atoms in total. The van der Waals surface area contributed by atoms with Crippen LogP contribution >= 0.6 is 15.9 Å². The number of halogens is 1. The van der Waals surface area contributed by atoms with Crippen molar-refractivity contribution in [3.8, 4) is 0 Å². The third-order valence-electron chi connectivity index (χ3n) is 3.93. The van der Waals surface area contributed by atoms with E-state index < -0.39 is 14.6 Å². The Kier molecular flexibility index (Phi) is 2.75. The van der Waals surface area contributed by atoms with E-state index in [0.717, 1.165) is 22.6 Å². The number of hydrogen-bond donors (Lipinski definition) is 1. The summed E-state index contributed by atoms with van der Waals surface area (Å²) in [6.45, 7) is 1.90. The molecule has 0 amide bonds. The fourth-order valence-electron chi connectivity index (χ4n) is 2.82. The molecule has 1 aromatic heterocycles. The van der Waals surface area contributed by atoms with Crippen LogP contribution in [0.5, 0.6) is 0 Å². The quantitative estimate of drug-likeness (QED) is 0.653. The number of aryl methyl sites for hydroxylation is 1. The van der Waals surface area contributed by atoms with Crippen molar-refractivity contribution in [1.29, 1.82) is 0 Å². The molecular weight excluding hydrogens is 330 g/mol. The maximum atomic E-state index is 12.1. The number of fused-ring (bicyclic) bond motifs is 1. The number of anilines is 1. The Labute approximate surface area is 121 Å². The number of hydrogen-bond acceptors (Lipinski definition) is 5. The number of pyridine rings is 1. The first-order chi connectivity index (χ1) is 8.76. The first-order valence-corrected chi connectivity index (χ1v) is 8.92. The van der Waals surface area contributed by atoms with Crippen molar-refractivity contribution < 1.29 is 8.42 Å². The third kappa shape index (κ3) is 1.82. The first kappa shape index (κ1) is 13.3. The van der Waals surface area contributed by atoms with E-state index in [1.54, 1.807) is 0 Å². The van der Waals surface area contributed by atoms with Gasteiger partial charge in [0.15, 0.2) is 9.84 Å². The van der Waals surface area contributed by atoms with Crippen molar-refractivity contribution in [2.24, 2.45) is 0 Å². The van der Waals surface area contributed by atoms with Crippen molar-refractivity contribution in [3.63, 3.8) is 0 Å². The molecule has 0 bridgehead atoms.